The Hall–Kier alpha value is -5.51. The molecule has 0 bridgehead atoms. The lowest BCUT2D eigenvalue weighted by molar-refractivity contribution is -0.132. The van der Waals surface area contributed by atoms with Gasteiger partial charge >= 0.3 is 5.97 Å². The first-order chi connectivity index (χ1) is 19.9. The molecule has 6 rings (SSSR count). The zero-order valence-corrected chi connectivity index (χ0v) is 21.6. The number of carbonyl (C=O) groups is 2. The van der Waals surface area contributed by atoms with Crippen molar-refractivity contribution >= 4 is 17.6 Å². The van der Waals surface area contributed by atoms with Gasteiger partial charge in [0.05, 0.1) is 11.3 Å². The number of ether oxygens (including phenoxy) is 3. The van der Waals surface area contributed by atoms with Crippen LogP contribution in [0.1, 0.15) is 17.3 Å². The molecule has 1 aliphatic heterocycles. The monoisotopic (exact) mass is 553 g/mol. The Bertz CT molecular complexity index is 1800. The lowest BCUT2D eigenvalue weighted by atomic mass is 10.0. The Kier molecular flexibility index (Phi) is 6.64. The van der Waals surface area contributed by atoms with Crippen LogP contribution >= 0.6 is 0 Å². The largest absolute Gasteiger partial charge is 0.454 e. The van der Waals surface area contributed by atoms with Crippen molar-refractivity contribution in [3.05, 3.63) is 108 Å². The van der Waals surface area contributed by atoms with Crippen LogP contribution in [0.25, 0.3) is 28.1 Å². The van der Waals surface area contributed by atoms with Crippen LogP contribution in [0.4, 0.5) is 14.5 Å². The van der Waals surface area contributed by atoms with E-state index in [9.17, 15) is 14.0 Å². The number of aromatic nitrogens is 2. The molecule has 0 fully saturated rings. The maximum absolute atomic E-state index is 15.0. The summed E-state index contributed by atoms with van der Waals surface area (Å²) in [7, 11) is 0. The molecule has 0 atom stereocenters. The molecular formula is C31H21F2N3O5. The third-order valence-corrected chi connectivity index (χ3v) is 6.33. The molecule has 2 heterocycles. The quantitative estimate of drug-likeness (QED) is 0.245. The van der Waals surface area contributed by atoms with Crippen molar-refractivity contribution in [3.8, 4) is 45.5 Å². The smallest absolute Gasteiger partial charge is 0.309 e. The minimum atomic E-state index is -0.642. The Balaban J connectivity index is 1.42. The summed E-state index contributed by atoms with van der Waals surface area (Å²) in [5, 5.41) is 7.39. The van der Waals surface area contributed by atoms with Crippen molar-refractivity contribution in [3.63, 3.8) is 0 Å². The van der Waals surface area contributed by atoms with Crippen LogP contribution in [0.15, 0.2) is 91.0 Å². The maximum Gasteiger partial charge on any atom is 0.309 e. The number of nitrogens with one attached hydrogen (secondary N) is 1. The molecule has 1 amide bonds. The van der Waals surface area contributed by atoms with Gasteiger partial charge in [0.25, 0.3) is 5.91 Å². The summed E-state index contributed by atoms with van der Waals surface area (Å²) in [5.74, 6) is -1.03. The first-order valence-electron chi connectivity index (χ1n) is 12.5. The summed E-state index contributed by atoms with van der Waals surface area (Å²) in [6, 6.07) is 23.2. The average molecular weight is 554 g/mol. The topological polar surface area (TPSA) is 91.7 Å². The molecule has 0 radical (unpaired) electrons. The molecule has 4 aromatic carbocycles. The van der Waals surface area contributed by atoms with Gasteiger partial charge < -0.3 is 19.5 Å². The van der Waals surface area contributed by atoms with Crippen molar-refractivity contribution in [1.29, 1.82) is 0 Å². The lowest BCUT2D eigenvalue weighted by Gasteiger charge is -2.11. The molecule has 0 saturated carbocycles. The highest BCUT2D eigenvalue weighted by Gasteiger charge is 2.26. The highest BCUT2D eigenvalue weighted by Crippen LogP contribution is 2.42. The van der Waals surface area contributed by atoms with Crippen molar-refractivity contribution in [2.24, 2.45) is 0 Å². The van der Waals surface area contributed by atoms with Gasteiger partial charge in [-0.25, -0.2) is 8.78 Å². The van der Waals surface area contributed by atoms with Gasteiger partial charge in [0.1, 0.15) is 17.3 Å². The number of hydrogen-bond acceptors (Lipinski definition) is 6. The molecule has 1 aromatic heterocycles. The van der Waals surface area contributed by atoms with Gasteiger partial charge in [0.15, 0.2) is 11.5 Å². The highest BCUT2D eigenvalue weighted by atomic mass is 19.1. The van der Waals surface area contributed by atoms with Gasteiger partial charge in [-0.3, -0.25) is 9.59 Å². The fourth-order valence-electron chi connectivity index (χ4n) is 4.48. The zero-order chi connectivity index (χ0) is 28.5. The van der Waals surface area contributed by atoms with Crippen LogP contribution < -0.4 is 19.5 Å². The number of halogens is 2. The van der Waals surface area contributed by atoms with E-state index in [2.05, 4.69) is 10.4 Å². The zero-order valence-electron chi connectivity index (χ0n) is 21.6. The summed E-state index contributed by atoms with van der Waals surface area (Å²) in [6.07, 6.45) is 0. The van der Waals surface area contributed by atoms with E-state index in [0.717, 1.165) is 0 Å². The van der Waals surface area contributed by atoms with E-state index in [1.807, 2.05) is 0 Å². The average Bonchev–Trinajstić information content (AvgIpc) is 3.58. The first-order valence-corrected chi connectivity index (χ1v) is 12.5. The molecular weight excluding hydrogens is 532 g/mol. The minimum Gasteiger partial charge on any atom is -0.454 e. The van der Waals surface area contributed by atoms with Crippen LogP contribution in [0, 0.1) is 11.6 Å². The second-order valence-corrected chi connectivity index (χ2v) is 9.09. The molecule has 5 aromatic rings. The number of rotatable bonds is 6. The predicted octanol–water partition coefficient (Wildman–Crippen LogP) is 6.39. The highest BCUT2D eigenvalue weighted by molar-refractivity contribution is 6.05. The molecule has 1 aliphatic rings. The SMILES string of the molecule is CC(=O)Oc1c(-c2ccc(NC(=O)c3ccc4c(c3)OCO4)cc2)c(-c2ccccc2F)nn1-c1cccc(F)c1. The Morgan fingerprint density at radius 2 is 1.68 bits per heavy atom. The van der Waals surface area contributed by atoms with Crippen LogP contribution in [0.5, 0.6) is 17.4 Å². The number of benzene rings is 4. The van der Waals surface area contributed by atoms with E-state index in [1.54, 1.807) is 66.7 Å². The van der Waals surface area contributed by atoms with Gasteiger partial charge in [-0.2, -0.15) is 9.78 Å². The molecule has 41 heavy (non-hydrogen) atoms. The molecule has 1 N–H and O–H groups in total. The third-order valence-electron chi connectivity index (χ3n) is 6.33. The van der Waals surface area contributed by atoms with E-state index in [-0.39, 0.29) is 35.5 Å². The summed E-state index contributed by atoms with van der Waals surface area (Å²) >= 11 is 0. The van der Waals surface area contributed by atoms with Gasteiger partial charge in [-0.05, 0) is 66.2 Å². The molecule has 0 unspecified atom stereocenters. The second-order valence-electron chi connectivity index (χ2n) is 9.09. The van der Waals surface area contributed by atoms with E-state index < -0.39 is 17.6 Å². The summed E-state index contributed by atoms with van der Waals surface area (Å²) in [4.78, 5) is 25.0. The van der Waals surface area contributed by atoms with Crippen molar-refractivity contribution in [2.45, 2.75) is 6.92 Å². The number of amides is 1. The molecule has 0 spiro atoms. The number of hydrogen-bond donors (Lipinski definition) is 1. The number of anilines is 1. The number of fused-ring (bicyclic) bond motifs is 1. The first kappa shape index (κ1) is 25.8. The normalized spacial score (nSPS) is 11.8. The third kappa shape index (κ3) is 5.10. The molecule has 0 saturated heterocycles. The van der Waals surface area contributed by atoms with E-state index in [4.69, 9.17) is 14.2 Å². The Morgan fingerprint density at radius 3 is 2.44 bits per heavy atom. The van der Waals surface area contributed by atoms with Gasteiger partial charge in [0.2, 0.25) is 12.7 Å². The molecule has 0 aliphatic carbocycles. The standard InChI is InChI=1S/C31H21F2N3O5/c1-18(37)41-31-28(29(24-7-2-3-8-25(24)33)35-36(31)23-6-4-5-21(32)16-23)19-9-12-22(13-10-19)34-30(38)20-11-14-26-27(15-20)40-17-39-26/h2-16H,17H2,1H3,(H,34,38). The molecule has 8 nitrogen and oxygen atoms in total. The van der Waals surface area contributed by atoms with Gasteiger partial charge in [-0.15, -0.1) is 0 Å². The maximum atomic E-state index is 15.0. The molecule has 10 heteroatoms. The Labute approximate surface area is 232 Å². The van der Waals surface area contributed by atoms with Crippen LogP contribution in [-0.4, -0.2) is 28.4 Å². The minimum absolute atomic E-state index is 0.0153. The van der Waals surface area contributed by atoms with Crippen molar-refractivity contribution < 1.29 is 32.6 Å². The van der Waals surface area contributed by atoms with Crippen LogP contribution in [0.3, 0.4) is 0 Å². The Morgan fingerprint density at radius 1 is 0.902 bits per heavy atom. The van der Waals surface area contributed by atoms with Crippen LogP contribution in [-0.2, 0) is 4.79 Å². The van der Waals surface area contributed by atoms with E-state index >= 15 is 4.39 Å². The number of nitrogens with zero attached hydrogens (tertiary/aromatic N) is 2. The number of esters is 1. The van der Waals surface area contributed by atoms with Crippen molar-refractivity contribution in [1.82, 2.24) is 9.78 Å². The fourth-order valence-corrected chi connectivity index (χ4v) is 4.48. The van der Waals surface area contributed by atoms with Crippen LogP contribution in [0.2, 0.25) is 0 Å². The second kappa shape index (κ2) is 10.6. The summed E-state index contributed by atoms with van der Waals surface area (Å²) in [5.41, 5.74) is 2.31. The molecule has 204 valence electrons. The predicted molar refractivity (Wildman–Crippen MR) is 146 cm³/mol. The van der Waals surface area contributed by atoms with Gasteiger partial charge in [0, 0.05) is 23.7 Å². The number of carbonyl (C=O) groups excluding carboxylic acids is 2. The fraction of sp³-hybridized carbons (Fsp3) is 0.0645. The van der Waals surface area contributed by atoms with E-state index in [0.29, 0.717) is 33.9 Å². The summed E-state index contributed by atoms with van der Waals surface area (Å²) in [6.45, 7) is 1.33. The lowest BCUT2D eigenvalue weighted by Crippen LogP contribution is -2.11. The van der Waals surface area contributed by atoms with E-state index in [1.165, 1.54) is 35.9 Å². The summed E-state index contributed by atoms with van der Waals surface area (Å²) < 4.78 is 46.6. The van der Waals surface area contributed by atoms with Crippen molar-refractivity contribution in [2.75, 3.05) is 12.1 Å². The van der Waals surface area contributed by atoms with Gasteiger partial charge in [-0.1, -0.05) is 30.3 Å².